The highest BCUT2D eigenvalue weighted by Gasteiger charge is 2.11. The second kappa shape index (κ2) is 4.07. The monoisotopic (exact) mass is 240 g/mol. The Morgan fingerprint density at radius 1 is 1.22 bits per heavy atom. The van der Waals surface area contributed by atoms with Crippen LogP contribution in [0.15, 0.2) is 48.8 Å². The van der Waals surface area contributed by atoms with Crippen molar-refractivity contribution in [1.29, 1.82) is 0 Å². The van der Waals surface area contributed by atoms with E-state index in [1.807, 2.05) is 41.1 Å². The maximum absolute atomic E-state index is 9.50. The fourth-order valence-corrected chi connectivity index (χ4v) is 2.02. The SMILES string of the molecule is COc1cn(-c2ccccc2)c2ncc(O)cc12. The van der Waals surface area contributed by atoms with Crippen molar-refractivity contribution in [2.45, 2.75) is 0 Å². The molecule has 0 aliphatic carbocycles. The fourth-order valence-electron chi connectivity index (χ4n) is 2.02. The van der Waals surface area contributed by atoms with Crippen LogP contribution >= 0.6 is 0 Å². The number of fused-ring (bicyclic) bond motifs is 1. The molecule has 90 valence electrons. The van der Waals surface area contributed by atoms with Gasteiger partial charge in [0.05, 0.1) is 24.9 Å². The first-order chi connectivity index (χ1) is 8.79. The second-order valence-corrected chi connectivity index (χ2v) is 3.97. The van der Waals surface area contributed by atoms with Crippen molar-refractivity contribution in [1.82, 2.24) is 9.55 Å². The Morgan fingerprint density at radius 2 is 2.00 bits per heavy atom. The summed E-state index contributed by atoms with van der Waals surface area (Å²) in [7, 11) is 1.61. The number of aromatic nitrogens is 2. The molecule has 2 heterocycles. The fraction of sp³-hybridized carbons (Fsp3) is 0.0714. The lowest BCUT2D eigenvalue weighted by Gasteiger charge is -2.03. The van der Waals surface area contributed by atoms with Gasteiger partial charge in [0.2, 0.25) is 0 Å². The molecular formula is C14H12N2O2. The van der Waals surface area contributed by atoms with Gasteiger partial charge in [0, 0.05) is 5.69 Å². The minimum atomic E-state index is 0.131. The van der Waals surface area contributed by atoms with Gasteiger partial charge in [0.1, 0.15) is 17.1 Å². The van der Waals surface area contributed by atoms with Crippen molar-refractivity contribution in [3.63, 3.8) is 0 Å². The number of pyridine rings is 1. The highest BCUT2D eigenvalue weighted by molar-refractivity contribution is 5.86. The molecule has 3 rings (SSSR count). The zero-order chi connectivity index (χ0) is 12.5. The van der Waals surface area contributed by atoms with E-state index >= 15 is 0 Å². The maximum atomic E-state index is 9.50. The lowest BCUT2D eigenvalue weighted by atomic mass is 10.3. The number of benzene rings is 1. The van der Waals surface area contributed by atoms with E-state index in [-0.39, 0.29) is 5.75 Å². The number of nitrogens with zero attached hydrogens (tertiary/aromatic N) is 2. The quantitative estimate of drug-likeness (QED) is 0.749. The van der Waals surface area contributed by atoms with Gasteiger partial charge in [-0.15, -0.1) is 0 Å². The Bertz CT molecular complexity index is 690. The van der Waals surface area contributed by atoms with E-state index in [4.69, 9.17) is 4.74 Å². The topological polar surface area (TPSA) is 47.3 Å². The lowest BCUT2D eigenvalue weighted by molar-refractivity contribution is 0.418. The van der Waals surface area contributed by atoms with E-state index in [1.165, 1.54) is 6.20 Å². The summed E-state index contributed by atoms with van der Waals surface area (Å²) in [6, 6.07) is 11.5. The van der Waals surface area contributed by atoms with Gasteiger partial charge >= 0.3 is 0 Å². The van der Waals surface area contributed by atoms with E-state index in [2.05, 4.69) is 4.98 Å². The first kappa shape index (κ1) is 10.7. The number of hydrogen-bond acceptors (Lipinski definition) is 3. The summed E-state index contributed by atoms with van der Waals surface area (Å²) in [6.45, 7) is 0. The summed E-state index contributed by atoms with van der Waals surface area (Å²) in [5.74, 6) is 0.823. The van der Waals surface area contributed by atoms with Gasteiger partial charge < -0.3 is 9.84 Å². The van der Waals surface area contributed by atoms with Crippen molar-refractivity contribution < 1.29 is 9.84 Å². The van der Waals surface area contributed by atoms with Crippen molar-refractivity contribution in [3.05, 3.63) is 48.8 Å². The molecule has 18 heavy (non-hydrogen) atoms. The molecule has 0 spiro atoms. The van der Waals surface area contributed by atoms with Gasteiger partial charge in [-0.2, -0.15) is 0 Å². The first-order valence-electron chi connectivity index (χ1n) is 5.59. The van der Waals surface area contributed by atoms with E-state index in [1.54, 1.807) is 13.2 Å². The molecule has 1 N–H and O–H groups in total. The number of methoxy groups -OCH3 is 1. The van der Waals surface area contributed by atoms with E-state index < -0.39 is 0 Å². The highest BCUT2D eigenvalue weighted by atomic mass is 16.5. The molecule has 1 aromatic carbocycles. The number of para-hydroxylation sites is 1. The number of ether oxygens (including phenoxy) is 1. The van der Waals surface area contributed by atoms with Crippen LogP contribution in [0, 0.1) is 0 Å². The van der Waals surface area contributed by atoms with Gasteiger partial charge in [0.15, 0.2) is 0 Å². The molecular weight excluding hydrogens is 228 g/mol. The van der Waals surface area contributed by atoms with Gasteiger partial charge in [0.25, 0.3) is 0 Å². The second-order valence-electron chi connectivity index (χ2n) is 3.97. The van der Waals surface area contributed by atoms with Gasteiger partial charge in [-0.1, -0.05) is 18.2 Å². The molecule has 0 unspecified atom stereocenters. The molecule has 0 saturated carbocycles. The Balaban J connectivity index is 2.31. The zero-order valence-electron chi connectivity index (χ0n) is 9.87. The summed E-state index contributed by atoms with van der Waals surface area (Å²) in [6.07, 6.45) is 3.30. The Hall–Kier alpha value is -2.49. The third-order valence-corrected chi connectivity index (χ3v) is 2.85. The van der Waals surface area contributed by atoms with Gasteiger partial charge in [-0.25, -0.2) is 4.98 Å². The van der Waals surface area contributed by atoms with E-state index in [0.29, 0.717) is 5.75 Å². The Labute approximate surface area is 104 Å². The highest BCUT2D eigenvalue weighted by Crippen LogP contribution is 2.31. The van der Waals surface area contributed by atoms with E-state index in [0.717, 1.165) is 16.7 Å². The average molecular weight is 240 g/mol. The molecule has 2 aromatic heterocycles. The Kier molecular flexibility index (Phi) is 2.41. The summed E-state index contributed by atoms with van der Waals surface area (Å²) in [5.41, 5.74) is 1.76. The van der Waals surface area contributed by atoms with Crippen LogP contribution in [-0.2, 0) is 0 Å². The molecule has 0 aliphatic heterocycles. The van der Waals surface area contributed by atoms with Crippen LogP contribution in [0.5, 0.6) is 11.5 Å². The standard InChI is InChI=1S/C14H12N2O2/c1-18-13-9-16(10-5-3-2-4-6-10)14-12(13)7-11(17)8-15-14/h2-9,17H,1H3. The largest absolute Gasteiger partial charge is 0.506 e. The van der Waals surface area contributed by atoms with Crippen LogP contribution in [-0.4, -0.2) is 21.8 Å². The molecule has 0 amide bonds. The third-order valence-electron chi connectivity index (χ3n) is 2.85. The predicted molar refractivity (Wildman–Crippen MR) is 69.3 cm³/mol. The van der Waals surface area contributed by atoms with E-state index in [9.17, 15) is 5.11 Å². The molecule has 0 radical (unpaired) electrons. The van der Waals surface area contributed by atoms with Crippen molar-refractivity contribution in [3.8, 4) is 17.2 Å². The average Bonchev–Trinajstić information content (AvgIpc) is 2.77. The Morgan fingerprint density at radius 3 is 2.72 bits per heavy atom. The van der Waals surface area contributed by atoms with Crippen LogP contribution < -0.4 is 4.74 Å². The van der Waals surface area contributed by atoms with Crippen molar-refractivity contribution in [2.24, 2.45) is 0 Å². The van der Waals surface area contributed by atoms with Crippen molar-refractivity contribution >= 4 is 11.0 Å². The number of rotatable bonds is 2. The first-order valence-corrected chi connectivity index (χ1v) is 5.59. The smallest absolute Gasteiger partial charge is 0.148 e. The summed E-state index contributed by atoms with van der Waals surface area (Å²) < 4.78 is 7.25. The summed E-state index contributed by atoms with van der Waals surface area (Å²) in [5, 5.41) is 10.3. The van der Waals surface area contributed by atoms with Crippen LogP contribution in [0.25, 0.3) is 16.7 Å². The van der Waals surface area contributed by atoms with Crippen LogP contribution in [0.1, 0.15) is 0 Å². The minimum Gasteiger partial charge on any atom is -0.506 e. The molecule has 0 aliphatic rings. The number of hydrogen-bond donors (Lipinski definition) is 1. The lowest BCUT2D eigenvalue weighted by Crippen LogP contribution is -1.92. The minimum absolute atomic E-state index is 0.131. The van der Waals surface area contributed by atoms with Crippen molar-refractivity contribution in [2.75, 3.05) is 7.11 Å². The maximum Gasteiger partial charge on any atom is 0.148 e. The van der Waals surface area contributed by atoms with Crippen LogP contribution in [0.3, 0.4) is 0 Å². The van der Waals surface area contributed by atoms with Crippen LogP contribution in [0.2, 0.25) is 0 Å². The molecule has 3 aromatic rings. The normalized spacial score (nSPS) is 10.7. The summed E-state index contributed by atoms with van der Waals surface area (Å²) in [4.78, 5) is 4.26. The molecule has 0 fully saturated rings. The molecule has 0 bridgehead atoms. The zero-order valence-corrected chi connectivity index (χ0v) is 9.87. The van der Waals surface area contributed by atoms with Gasteiger partial charge in [-0.05, 0) is 18.2 Å². The van der Waals surface area contributed by atoms with Gasteiger partial charge in [-0.3, -0.25) is 4.57 Å². The third kappa shape index (κ3) is 1.59. The summed E-state index contributed by atoms with van der Waals surface area (Å²) >= 11 is 0. The molecule has 0 atom stereocenters. The van der Waals surface area contributed by atoms with Crippen LogP contribution in [0.4, 0.5) is 0 Å². The predicted octanol–water partition coefficient (Wildman–Crippen LogP) is 2.74. The number of aromatic hydroxyl groups is 1. The molecule has 0 saturated heterocycles. The molecule has 4 heteroatoms. The molecule has 4 nitrogen and oxygen atoms in total.